The summed E-state index contributed by atoms with van der Waals surface area (Å²) in [7, 11) is 0. The molecule has 32 heavy (non-hydrogen) atoms. The normalized spacial score (nSPS) is 12.1. The highest BCUT2D eigenvalue weighted by Crippen LogP contribution is 2.38. The van der Waals surface area contributed by atoms with Gasteiger partial charge in [0.05, 0.1) is 0 Å². The van der Waals surface area contributed by atoms with E-state index in [9.17, 15) is 39.5 Å². The molecule has 170 valence electrons. The zero-order chi connectivity index (χ0) is 23.8. The van der Waals surface area contributed by atoms with Gasteiger partial charge in [0.25, 0.3) is 0 Å². The first-order valence-corrected chi connectivity index (χ1v) is 8.65. The summed E-state index contributed by atoms with van der Waals surface area (Å²) in [5, 5.41) is 0. The fourth-order valence-electron chi connectivity index (χ4n) is 2.73. The van der Waals surface area contributed by atoms with E-state index in [0.717, 1.165) is 24.3 Å². The first kappa shape index (κ1) is 23.3. The maximum Gasteiger partial charge on any atom is 0.432 e. The van der Waals surface area contributed by atoms with E-state index in [4.69, 9.17) is 0 Å². The Kier molecular flexibility index (Phi) is 6.03. The maximum atomic E-state index is 14.4. The second kappa shape index (κ2) is 8.29. The van der Waals surface area contributed by atoms with Crippen LogP contribution in [-0.2, 0) is 6.11 Å². The van der Waals surface area contributed by atoms with E-state index in [2.05, 4.69) is 9.47 Å². The van der Waals surface area contributed by atoms with Gasteiger partial charge in [0.1, 0.15) is 28.7 Å². The van der Waals surface area contributed by atoms with Crippen LogP contribution in [0, 0.1) is 29.1 Å². The Balaban J connectivity index is 1.91. The molecule has 0 radical (unpaired) electrons. The monoisotopic (exact) mass is 466 g/mol. The molecule has 0 aliphatic rings. The molecular formula is C21H11F9O2. The van der Waals surface area contributed by atoms with Gasteiger partial charge in [-0.2, -0.15) is 17.6 Å². The molecule has 0 bridgehead atoms. The van der Waals surface area contributed by atoms with Gasteiger partial charge < -0.3 is 9.47 Å². The van der Waals surface area contributed by atoms with E-state index in [1.54, 1.807) is 0 Å². The van der Waals surface area contributed by atoms with Crippen molar-refractivity contribution in [3.05, 3.63) is 83.2 Å². The SMILES string of the molecule is CC(F)(F)Oc1ccc(-c2cc(F)c(C(F)(F)Oc3cc(F)c(F)c(F)c3)c(F)c2)cc1. The third-order valence-electron chi connectivity index (χ3n) is 4.02. The Morgan fingerprint density at radius 1 is 0.594 bits per heavy atom. The summed E-state index contributed by atoms with van der Waals surface area (Å²) in [4.78, 5) is 0. The lowest BCUT2D eigenvalue weighted by atomic mass is 10.0. The van der Waals surface area contributed by atoms with Crippen molar-refractivity contribution in [2.24, 2.45) is 0 Å². The highest BCUT2D eigenvalue weighted by molar-refractivity contribution is 5.65. The smallest absolute Gasteiger partial charge is 0.432 e. The van der Waals surface area contributed by atoms with Crippen molar-refractivity contribution in [3.63, 3.8) is 0 Å². The zero-order valence-corrected chi connectivity index (χ0v) is 15.8. The minimum atomic E-state index is -4.73. The zero-order valence-electron chi connectivity index (χ0n) is 15.8. The molecule has 3 aromatic rings. The quantitative estimate of drug-likeness (QED) is 0.283. The predicted octanol–water partition coefficient (Wildman–Crippen LogP) is 7.17. The largest absolute Gasteiger partial charge is 0.433 e. The second-order valence-corrected chi connectivity index (χ2v) is 6.57. The molecule has 0 N–H and O–H groups in total. The van der Waals surface area contributed by atoms with E-state index in [0.29, 0.717) is 19.1 Å². The minimum absolute atomic E-state index is 0.0769. The van der Waals surface area contributed by atoms with Gasteiger partial charge in [-0.05, 0) is 35.4 Å². The molecule has 0 amide bonds. The number of benzene rings is 3. The first-order valence-electron chi connectivity index (χ1n) is 8.65. The Morgan fingerprint density at radius 2 is 1.09 bits per heavy atom. The van der Waals surface area contributed by atoms with Gasteiger partial charge in [-0.3, -0.25) is 0 Å². The summed E-state index contributed by atoms with van der Waals surface area (Å²) in [6.45, 7) is 0.501. The number of rotatable bonds is 6. The molecule has 0 saturated heterocycles. The molecule has 0 spiro atoms. The first-order chi connectivity index (χ1) is 14.8. The lowest BCUT2D eigenvalue weighted by Crippen LogP contribution is -2.25. The summed E-state index contributed by atoms with van der Waals surface area (Å²) in [6.07, 6.45) is -8.20. The number of halogens is 9. The van der Waals surface area contributed by atoms with Crippen molar-refractivity contribution in [2.45, 2.75) is 19.1 Å². The van der Waals surface area contributed by atoms with Crippen LogP contribution in [0.5, 0.6) is 11.5 Å². The molecule has 0 aliphatic heterocycles. The molecule has 0 aromatic heterocycles. The molecule has 0 atom stereocenters. The van der Waals surface area contributed by atoms with Crippen LogP contribution in [0.2, 0.25) is 0 Å². The molecule has 11 heteroatoms. The fraction of sp³-hybridized carbons (Fsp3) is 0.143. The van der Waals surface area contributed by atoms with Crippen LogP contribution in [0.1, 0.15) is 12.5 Å². The number of hydrogen-bond acceptors (Lipinski definition) is 2. The van der Waals surface area contributed by atoms with Gasteiger partial charge in [-0.1, -0.05) is 12.1 Å². The Labute approximate surface area is 174 Å². The van der Waals surface area contributed by atoms with Gasteiger partial charge in [-0.25, -0.2) is 22.0 Å². The lowest BCUT2D eigenvalue weighted by molar-refractivity contribution is -0.189. The molecule has 0 saturated carbocycles. The van der Waals surface area contributed by atoms with Crippen LogP contribution in [0.25, 0.3) is 11.1 Å². The average Bonchev–Trinajstić information content (AvgIpc) is 2.64. The van der Waals surface area contributed by atoms with Crippen LogP contribution in [0.4, 0.5) is 39.5 Å². The Bertz CT molecular complexity index is 1090. The number of alkyl halides is 4. The summed E-state index contributed by atoms with van der Waals surface area (Å²) in [5.74, 6) is -10.6. The summed E-state index contributed by atoms with van der Waals surface area (Å²) in [6, 6.07) is 5.68. The highest BCUT2D eigenvalue weighted by Gasteiger charge is 2.41. The number of ether oxygens (including phenoxy) is 2. The summed E-state index contributed by atoms with van der Waals surface area (Å²) >= 11 is 0. The third kappa shape index (κ3) is 5.09. The van der Waals surface area contributed by atoms with Crippen molar-refractivity contribution < 1.29 is 49.0 Å². The third-order valence-corrected chi connectivity index (χ3v) is 4.02. The van der Waals surface area contributed by atoms with Crippen molar-refractivity contribution in [2.75, 3.05) is 0 Å². The van der Waals surface area contributed by atoms with Gasteiger partial charge in [0.2, 0.25) is 0 Å². The molecule has 0 heterocycles. The molecule has 0 fully saturated rings. The fourth-order valence-corrected chi connectivity index (χ4v) is 2.73. The summed E-state index contributed by atoms with van der Waals surface area (Å²) < 4.78 is 131. The van der Waals surface area contributed by atoms with Crippen LogP contribution in [-0.4, -0.2) is 6.11 Å². The van der Waals surface area contributed by atoms with Crippen molar-refractivity contribution in [3.8, 4) is 22.6 Å². The summed E-state index contributed by atoms with van der Waals surface area (Å²) in [5.41, 5.74) is -2.02. The van der Waals surface area contributed by atoms with Gasteiger partial charge >= 0.3 is 12.2 Å². The number of hydrogen-bond donors (Lipinski definition) is 0. The lowest BCUT2D eigenvalue weighted by Gasteiger charge is -2.20. The van der Waals surface area contributed by atoms with Crippen molar-refractivity contribution in [1.82, 2.24) is 0 Å². The molecule has 0 unspecified atom stereocenters. The van der Waals surface area contributed by atoms with E-state index >= 15 is 0 Å². The second-order valence-electron chi connectivity index (χ2n) is 6.57. The Hall–Kier alpha value is -3.37. The predicted molar refractivity (Wildman–Crippen MR) is 93.9 cm³/mol. The van der Waals surface area contributed by atoms with E-state index in [-0.39, 0.29) is 29.0 Å². The van der Waals surface area contributed by atoms with E-state index in [1.807, 2.05) is 0 Å². The van der Waals surface area contributed by atoms with Gasteiger partial charge in [-0.15, -0.1) is 0 Å². The average molecular weight is 466 g/mol. The standard InChI is InChI=1S/C21H11F9O2/c1-20(27,28)31-12-4-2-10(3-5-12)11-6-14(22)18(15(23)7-11)21(29,30)32-13-8-16(24)19(26)17(25)9-13/h2-9H,1H3. The maximum absolute atomic E-state index is 14.4. The Morgan fingerprint density at radius 3 is 1.56 bits per heavy atom. The van der Waals surface area contributed by atoms with Crippen molar-refractivity contribution in [1.29, 1.82) is 0 Å². The highest BCUT2D eigenvalue weighted by atomic mass is 19.3. The van der Waals surface area contributed by atoms with Crippen LogP contribution < -0.4 is 9.47 Å². The topological polar surface area (TPSA) is 18.5 Å². The van der Waals surface area contributed by atoms with Crippen LogP contribution in [0.3, 0.4) is 0 Å². The molecule has 3 rings (SSSR count). The van der Waals surface area contributed by atoms with Crippen LogP contribution in [0.15, 0.2) is 48.5 Å². The van der Waals surface area contributed by atoms with E-state index in [1.165, 1.54) is 0 Å². The van der Waals surface area contributed by atoms with Gasteiger partial charge in [0.15, 0.2) is 17.5 Å². The molecule has 3 aromatic carbocycles. The van der Waals surface area contributed by atoms with Gasteiger partial charge in [0, 0.05) is 19.1 Å². The van der Waals surface area contributed by atoms with E-state index < -0.39 is 52.6 Å². The molecule has 0 aliphatic carbocycles. The minimum Gasteiger partial charge on any atom is -0.433 e. The van der Waals surface area contributed by atoms with Crippen molar-refractivity contribution >= 4 is 0 Å². The van der Waals surface area contributed by atoms with Crippen LogP contribution >= 0.6 is 0 Å². The molecule has 2 nitrogen and oxygen atoms in total. The molecular weight excluding hydrogens is 455 g/mol.